The Morgan fingerprint density at radius 1 is 1.08 bits per heavy atom. The number of aliphatic hydroxyl groups excluding tert-OH is 1. The maximum absolute atomic E-state index is 12.1. The third-order valence-corrected chi connectivity index (χ3v) is 4.53. The first-order valence-electron chi connectivity index (χ1n) is 7.93. The molecule has 0 aliphatic heterocycles. The molecule has 0 fully saturated rings. The molecular weight excluding hydrogens is 334 g/mol. The minimum absolute atomic E-state index is 0.0870. The highest BCUT2D eigenvalue weighted by atomic mass is 32.2. The number of amides is 1. The fraction of sp³-hybridized carbons (Fsp3) is 0.158. The molecule has 2 aromatic carbocycles. The Labute approximate surface area is 150 Å². The number of nitrogens with one attached hydrogen (secondary N) is 1. The summed E-state index contributed by atoms with van der Waals surface area (Å²) in [6.07, 6.45) is 1.82. The third-order valence-electron chi connectivity index (χ3n) is 3.54. The van der Waals surface area contributed by atoms with Gasteiger partial charge >= 0.3 is 0 Å². The summed E-state index contributed by atoms with van der Waals surface area (Å²) in [5.74, 6) is 0.168. The van der Waals surface area contributed by atoms with Gasteiger partial charge in [0.2, 0.25) is 5.91 Å². The number of anilines is 1. The normalized spacial score (nSPS) is 10.6. The predicted molar refractivity (Wildman–Crippen MR) is 99.5 cm³/mol. The molecule has 0 bridgehead atoms. The smallest absolute Gasteiger partial charge is 0.234 e. The maximum Gasteiger partial charge on any atom is 0.234 e. The van der Waals surface area contributed by atoms with Crippen molar-refractivity contribution < 1.29 is 9.90 Å². The van der Waals surface area contributed by atoms with Crippen LogP contribution in [0.25, 0.3) is 0 Å². The van der Waals surface area contributed by atoms with Crippen LogP contribution in [0.4, 0.5) is 5.69 Å². The van der Waals surface area contributed by atoms with Crippen molar-refractivity contribution in [3.63, 3.8) is 0 Å². The minimum atomic E-state index is -0.119. The van der Waals surface area contributed by atoms with E-state index in [1.165, 1.54) is 11.8 Å². The van der Waals surface area contributed by atoms with E-state index in [-0.39, 0.29) is 18.3 Å². The van der Waals surface area contributed by atoms with Gasteiger partial charge in [-0.2, -0.15) is 0 Å². The zero-order valence-electron chi connectivity index (χ0n) is 13.6. The number of carbonyl (C=O) groups excluding carboxylic acids is 1. The summed E-state index contributed by atoms with van der Waals surface area (Å²) in [4.78, 5) is 16.5. The number of aromatic nitrogens is 2. The highest BCUT2D eigenvalue weighted by Gasteiger charge is 2.11. The van der Waals surface area contributed by atoms with E-state index in [4.69, 9.17) is 0 Å². The molecule has 2 N–H and O–H groups in total. The van der Waals surface area contributed by atoms with E-state index < -0.39 is 0 Å². The van der Waals surface area contributed by atoms with Crippen LogP contribution in [0.15, 0.2) is 72.0 Å². The monoisotopic (exact) mass is 353 g/mol. The average molecular weight is 353 g/mol. The molecule has 0 saturated carbocycles. The minimum Gasteiger partial charge on any atom is -0.390 e. The van der Waals surface area contributed by atoms with Crippen molar-refractivity contribution in [2.24, 2.45) is 0 Å². The SMILES string of the molecule is O=C(CSc1nc(CO)cn1Cc1ccccc1)Nc1ccccc1. The van der Waals surface area contributed by atoms with Gasteiger partial charge in [-0.3, -0.25) is 4.79 Å². The summed E-state index contributed by atoms with van der Waals surface area (Å²) in [5, 5.41) is 12.9. The lowest BCUT2D eigenvalue weighted by Gasteiger charge is -2.08. The quantitative estimate of drug-likeness (QED) is 0.640. The van der Waals surface area contributed by atoms with Crippen LogP contribution >= 0.6 is 11.8 Å². The van der Waals surface area contributed by atoms with Crippen LogP contribution < -0.4 is 5.32 Å². The number of carbonyl (C=O) groups is 1. The maximum atomic E-state index is 12.1. The molecule has 1 aromatic heterocycles. The standard InChI is InChI=1S/C19H19N3O2S/c23-13-17-12-22(11-15-7-3-1-4-8-15)19(21-17)25-14-18(24)20-16-9-5-2-6-10-16/h1-10,12,23H,11,13-14H2,(H,20,24). The van der Waals surface area contributed by atoms with Gasteiger partial charge in [0.1, 0.15) is 0 Å². The predicted octanol–water partition coefficient (Wildman–Crippen LogP) is 3.15. The summed E-state index contributed by atoms with van der Waals surface area (Å²) < 4.78 is 1.96. The summed E-state index contributed by atoms with van der Waals surface area (Å²) in [5.41, 5.74) is 2.51. The fourth-order valence-corrected chi connectivity index (χ4v) is 3.18. The lowest BCUT2D eigenvalue weighted by molar-refractivity contribution is -0.113. The van der Waals surface area contributed by atoms with Crippen molar-refractivity contribution in [1.82, 2.24) is 9.55 Å². The highest BCUT2D eigenvalue weighted by molar-refractivity contribution is 7.99. The van der Waals surface area contributed by atoms with Crippen LogP contribution in [-0.4, -0.2) is 26.3 Å². The van der Waals surface area contributed by atoms with Gasteiger partial charge in [-0.1, -0.05) is 60.3 Å². The summed E-state index contributed by atoms with van der Waals surface area (Å²) in [6, 6.07) is 19.4. The Hall–Kier alpha value is -2.57. The first-order chi connectivity index (χ1) is 12.2. The first-order valence-corrected chi connectivity index (χ1v) is 8.91. The third kappa shape index (κ3) is 4.95. The van der Waals surface area contributed by atoms with Crippen molar-refractivity contribution in [2.45, 2.75) is 18.3 Å². The molecule has 0 spiro atoms. The molecule has 25 heavy (non-hydrogen) atoms. The van der Waals surface area contributed by atoms with Gasteiger partial charge in [0.25, 0.3) is 0 Å². The van der Waals surface area contributed by atoms with Gasteiger partial charge < -0.3 is 15.0 Å². The molecular formula is C19H19N3O2S. The van der Waals surface area contributed by atoms with Crippen molar-refractivity contribution in [2.75, 3.05) is 11.1 Å². The molecule has 5 nitrogen and oxygen atoms in total. The van der Waals surface area contributed by atoms with Gasteiger partial charge in [0.15, 0.2) is 5.16 Å². The van der Waals surface area contributed by atoms with Gasteiger partial charge in [-0.15, -0.1) is 0 Å². The zero-order chi connectivity index (χ0) is 17.5. The molecule has 1 heterocycles. The van der Waals surface area contributed by atoms with Gasteiger partial charge in [-0.25, -0.2) is 4.98 Å². The lowest BCUT2D eigenvalue weighted by Crippen LogP contribution is -2.14. The molecule has 6 heteroatoms. The molecule has 3 aromatic rings. The largest absolute Gasteiger partial charge is 0.390 e. The molecule has 0 radical (unpaired) electrons. The van der Waals surface area contributed by atoms with Crippen LogP contribution in [0.2, 0.25) is 0 Å². The van der Waals surface area contributed by atoms with E-state index in [2.05, 4.69) is 10.3 Å². The number of benzene rings is 2. The number of rotatable bonds is 7. The van der Waals surface area contributed by atoms with E-state index >= 15 is 0 Å². The van der Waals surface area contributed by atoms with Crippen LogP contribution in [0.3, 0.4) is 0 Å². The highest BCUT2D eigenvalue weighted by Crippen LogP contribution is 2.20. The molecule has 0 unspecified atom stereocenters. The molecule has 3 rings (SSSR count). The number of imidazole rings is 1. The van der Waals surface area contributed by atoms with Gasteiger partial charge in [-0.05, 0) is 17.7 Å². The van der Waals surface area contributed by atoms with Crippen molar-refractivity contribution >= 4 is 23.4 Å². The van der Waals surface area contributed by atoms with Crippen molar-refractivity contribution in [3.8, 4) is 0 Å². The van der Waals surface area contributed by atoms with Gasteiger partial charge in [0, 0.05) is 18.4 Å². The number of hydrogen-bond acceptors (Lipinski definition) is 4. The number of nitrogens with zero attached hydrogens (tertiary/aromatic N) is 2. The Balaban J connectivity index is 1.65. The van der Waals surface area contributed by atoms with Gasteiger partial charge in [0.05, 0.1) is 18.1 Å². The van der Waals surface area contributed by atoms with E-state index in [0.29, 0.717) is 12.2 Å². The Bertz CT molecular complexity index is 819. The van der Waals surface area contributed by atoms with Crippen molar-refractivity contribution in [1.29, 1.82) is 0 Å². The van der Waals surface area contributed by atoms with E-state index in [9.17, 15) is 9.90 Å². The van der Waals surface area contributed by atoms with Crippen molar-refractivity contribution in [3.05, 3.63) is 78.1 Å². The number of para-hydroxylation sites is 1. The van der Waals surface area contributed by atoms with E-state index in [0.717, 1.165) is 16.4 Å². The van der Waals surface area contributed by atoms with E-state index in [1.807, 2.05) is 71.4 Å². The Morgan fingerprint density at radius 3 is 2.44 bits per heavy atom. The average Bonchev–Trinajstić information content (AvgIpc) is 3.04. The molecule has 0 saturated heterocycles. The summed E-state index contributed by atoms with van der Waals surface area (Å²) >= 11 is 1.36. The van der Waals surface area contributed by atoms with Crippen LogP contribution in [0, 0.1) is 0 Å². The first kappa shape index (κ1) is 17.3. The van der Waals surface area contributed by atoms with E-state index in [1.54, 1.807) is 0 Å². The zero-order valence-corrected chi connectivity index (χ0v) is 14.4. The second-order valence-corrected chi connectivity index (χ2v) is 6.43. The van der Waals surface area contributed by atoms with Crippen LogP contribution in [0.1, 0.15) is 11.3 Å². The second-order valence-electron chi connectivity index (χ2n) is 5.49. The molecule has 0 aliphatic carbocycles. The molecule has 0 aliphatic rings. The molecule has 128 valence electrons. The van der Waals surface area contributed by atoms with Crippen LogP contribution in [-0.2, 0) is 17.9 Å². The fourth-order valence-electron chi connectivity index (χ4n) is 2.38. The Morgan fingerprint density at radius 2 is 1.76 bits per heavy atom. The van der Waals surface area contributed by atoms with Crippen LogP contribution in [0.5, 0.6) is 0 Å². The summed E-state index contributed by atoms with van der Waals surface area (Å²) in [7, 11) is 0. The second kappa shape index (κ2) is 8.50. The number of hydrogen-bond donors (Lipinski definition) is 2. The topological polar surface area (TPSA) is 67.1 Å². The lowest BCUT2D eigenvalue weighted by atomic mass is 10.2. The number of thioether (sulfide) groups is 1. The molecule has 0 atom stereocenters. The number of aliphatic hydroxyl groups is 1. The molecule has 1 amide bonds. The Kier molecular flexibility index (Phi) is 5.87. The summed E-state index contributed by atoms with van der Waals surface area (Å²) in [6.45, 7) is 0.530.